The molecule has 27 heavy (non-hydrogen) atoms. The molecule has 3 atom stereocenters. The SMILES string of the molecule is CC(C)(C)C1=C(C(=O)[O-])N2C(=O)[C@H]([C@H](O)CCc3ccc(O)cc3)[C@@H]2O1.[Na+]. The zero-order valence-corrected chi connectivity index (χ0v) is 17.9. The Hall–Kier alpha value is -1.54. The Labute approximate surface area is 179 Å². The topological polar surface area (TPSA) is 110 Å². The van der Waals surface area contributed by atoms with Gasteiger partial charge >= 0.3 is 29.6 Å². The summed E-state index contributed by atoms with van der Waals surface area (Å²) in [4.78, 5) is 25.0. The monoisotopic (exact) mass is 383 g/mol. The number of rotatable bonds is 5. The number of carboxylic acids is 1. The largest absolute Gasteiger partial charge is 1.00 e. The molecule has 2 heterocycles. The van der Waals surface area contributed by atoms with Crippen LogP contribution in [0.5, 0.6) is 5.75 Å². The van der Waals surface area contributed by atoms with Gasteiger partial charge in [0.15, 0.2) is 6.23 Å². The number of carboxylic acid groups (broad SMARTS) is 1. The number of fused-ring (bicyclic) bond motifs is 1. The third-order valence-electron chi connectivity index (χ3n) is 4.73. The Bertz CT molecular complexity index is 767. The molecule has 0 spiro atoms. The summed E-state index contributed by atoms with van der Waals surface area (Å²) in [6, 6.07) is 6.61. The van der Waals surface area contributed by atoms with Gasteiger partial charge in [-0.25, -0.2) is 0 Å². The first-order valence-corrected chi connectivity index (χ1v) is 8.53. The third kappa shape index (κ3) is 4.01. The van der Waals surface area contributed by atoms with Gasteiger partial charge in [-0.1, -0.05) is 32.9 Å². The predicted octanol–water partition coefficient (Wildman–Crippen LogP) is -2.49. The van der Waals surface area contributed by atoms with Gasteiger partial charge in [-0.05, 0) is 30.5 Å². The van der Waals surface area contributed by atoms with Crippen molar-refractivity contribution < 1.29 is 59.2 Å². The number of β-lactam (4-membered cyclic amide) rings is 1. The maximum Gasteiger partial charge on any atom is 1.00 e. The van der Waals surface area contributed by atoms with Gasteiger partial charge in [0, 0.05) is 5.41 Å². The molecule has 0 saturated carbocycles. The van der Waals surface area contributed by atoms with Crippen LogP contribution in [0, 0.1) is 11.3 Å². The molecule has 7 nitrogen and oxygen atoms in total. The summed E-state index contributed by atoms with van der Waals surface area (Å²) in [5, 5.41) is 31.2. The average molecular weight is 383 g/mol. The van der Waals surface area contributed by atoms with Gasteiger partial charge in [-0.2, -0.15) is 0 Å². The van der Waals surface area contributed by atoms with Crippen LogP contribution in [0.1, 0.15) is 32.8 Å². The molecule has 1 saturated heterocycles. The molecule has 1 aromatic rings. The fourth-order valence-electron chi connectivity index (χ4n) is 3.37. The second-order valence-electron chi connectivity index (χ2n) is 7.73. The molecule has 1 aromatic carbocycles. The summed E-state index contributed by atoms with van der Waals surface area (Å²) in [7, 11) is 0. The van der Waals surface area contributed by atoms with E-state index in [0.29, 0.717) is 12.8 Å². The van der Waals surface area contributed by atoms with Crippen LogP contribution in [0.2, 0.25) is 0 Å². The van der Waals surface area contributed by atoms with Crippen LogP contribution in [-0.2, 0) is 20.7 Å². The zero-order chi connectivity index (χ0) is 19.2. The number of aliphatic hydroxyl groups excluding tert-OH is 1. The molecule has 3 rings (SSSR count). The number of benzene rings is 1. The molecule has 2 aliphatic rings. The van der Waals surface area contributed by atoms with Crippen molar-refractivity contribution in [3.8, 4) is 5.75 Å². The van der Waals surface area contributed by atoms with E-state index in [2.05, 4.69) is 0 Å². The number of aliphatic carboxylic acids is 1. The number of hydrogen-bond donors (Lipinski definition) is 2. The number of nitrogens with zero attached hydrogens (tertiary/aromatic N) is 1. The fourth-order valence-corrected chi connectivity index (χ4v) is 3.37. The number of ether oxygens (including phenoxy) is 1. The van der Waals surface area contributed by atoms with Crippen molar-refractivity contribution in [1.82, 2.24) is 4.90 Å². The minimum absolute atomic E-state index is 0. The van der Waals surface area contributed by atoms with Gasteiger partial charge in [-0.3, -0.25) is 9.69 Å². The number of aryl methyl sites for hydroxylation is 1. The number of hydrogen-bond acceptors (Lipinski definition) is 6. The second-order valence-corrected chi connectivity index (χ2v) is 7.73. The van der Waals surface area contributed by atoms with Crippen LogP contribution >= 0.6 is 0 Å². The first kappa shape index (κ1) is 21.8. The number of phenolic OH excluding ortho intramolecular Hbond substituents is 1. The van der Waals surface area contributed by atoms with E-state index in [4.69, 9.17) is 4.74 Å². The van der Waals surface area contributed by atoms with Crippen molar-refractivity contribution in [2.75, 3.05) is 0 Å². The molecule has 0 unspecified atom stereocenters. The number of carbonyl (C=O) groups excluding carboxylic acids is 2. The Morgan fingerprint density at radius 1 is 1.30 bits per heavy atom. The molecule has 2 N–H and O–H groups in total. The van der Waals surface area contributed by atoms with Crippen molar-refractivity contribution >= 4 is 11.9 Å². The van der Waals surface area contributed by atoms with Crippen LogP contribution in [0.4, 0.5) is 0 Å². The maximum atomic E-state index is 12.5. The Morgan fingerprint density at radius 3 is 2.41 bits per heavy atom. The molecule has 0 radical (unpaired) electrons. The third-order valence-corrected chi connectivity index (χ3v) is 4.73. The standard InChI is InChI=1S/C19H23NO6.Na/c1-19(2,3)15-14(18(24)25)20-16(23)13(17(20)26-15)12(22)9-6-10-4-7-11(21)8-5-10;/h4-5,7-8,12-13,17,21-22H,6,9H2,1-3H3,(H,24,25);/q;+1/p-1/t12-,13+,17+;/m1./s1. The van der Waals surface area contributed by atoms with E-state index in [1.54, 1.807) is 45.0 Å². The molecule has 1 amide bonds. The van der Waals surface area contributed by atoms with Gasteiger partial charge in [0.05, 0.1) is 12.1 Å². The van der Waals surface area contributed by atoms with Crippen LogP contribution in [-0.4, -0.2) is 39.3 Å². The van der Waals surface area contributed by atoms with E-state index >= 15 is 0 Å². The van der Waals surface area contributed by atoms with Gasteiger partial charge in [-0.15, -0.1) is 0 Å². The van der Waals surface area contributed by atoms with E-state index in [1.165, 1.54) is 0 Å². The molecular weight excluding hydrogens is 361 g/mol. The zero-order valence-electron chi connectivity index (χ0n) is 15.9. The molecule has 8 heteroatoms. The van der Waals surface area contributed by atoms with Crippen LogP contribution in [0.25, 0.3) is 0 Å². The van der Waals surface area contributed by atoms with Crippen molar-refractivity contribution in [3.63, 3.8) is 0 Å². The average Bonchev–Trinajstić information content (AvgIpc) is 2.90. The van der Waals surface area contributed by atoms with Gasteiger partial charge < -0.3 is 24.9 Å². The number of phenols is 1. The molecule has 1 fully saturated rings. The van der Waals surface area contributed by atoms with E-state index < -0.39 is 35.5 Å². The number of aromatic hydroxyl groups is 1. The van der Waals surface area contributed by atoms with Crippen molar-refractivity contribution in [2.24, 2.45) is 11.3 Å². The van der Waals surface area contributed by atoms with Gasteiger partial charge in [0.1, 0.15) is 23.1 Å². The van der Waals surface area contributed by atoms with Crippen LogP contribution in [0.3, 0.4) is 0 Å². The smallest absolute Gasteiger partial charge is 0.543 e. The Morgan fingerprint density at radius 2 is 1.89 bits per heavy atom. The first-order chi connectivity index (χ1) is 12.1. The minimum Gasteiger partial charge on any atom is -0.543 e. The molecule has 0 aliphatic carbocycles. The quantitative estimate of drug-likeness (QED) is 0.430. The molecule has 140 valence electrons. The number of aliphatic hydroxyl groups is 1. The predicted molar refractivity (Wildman–Crippen MR) is 89.1 cm³/mol. The second kappa shape index (κ2) is 7.83. The summed E-state index contributed by atoms with van der Waals surface area (Å²) in [5.41, 5.74) is 0.0745. The molecule has 2 aliphatic heterocycles. The minimum atomic E-state index is -1.46. The fraction of sp³-hybridized carbons (Fsp3) is 0.474. The Balaban J connectivity index is 0.00000261. The summed E-state index contributed by atoms with van der Waals surface area (Å²) >= 11 is 0. The summed E-state index contributed by atoms with van der Waals surface area (Å²) in [6.45, 7) is 5.37. The number of amides is 1. The van der Waals surface area contributed by atoms with Gasteiger partial charge in [0.2, 0.25) is 5.91 Å². The van der Waals surface area contributed by atoms with Crippen molar-refractivity contribution in [1.29, 1.82) is 0 Å². The van der Waals surface area contributed by atoms with Crippen molar-refractivity contribution in [2.45, 2.75) is 45.9 Å². The number of allylic oxidation sites excluding steroid dienone is 1. The first-order valence-electron chi connectivity index (χ1n) is 8.53. The van der Waals surface area contributed by atoms with Crippen LogP contribution < -0.4 is 34.7 Å². The molecule has 0 bridgehead atoms. The van der Waals surface area contributed by atoms with Crippen molar-refractivity contribution in [3.05, 3.63) is 41.3 Å². The van der Waals surface area contributed by atoms with E-state index in [9.17, 15) is 24.9 Å². The summed E-state index contributed by atoms with van der Waals surface area (Å²) < 4.78 is 5.74. The van der Waals surface area contributed by atoms with E-state index in [0.717, 1.165) is 10.5 Å². The molecule has 0 aromatic heterocycles. The molecular formula is C19H22NNaO6. The Kier molecular flexibility index (Phi) is 6.31. The van der Waals surface area contributed by atoms with Gasteiger partial charge in [0.25, 0.3) is 0 Å². The summed E-state index contributed by atoms with van der Waals surface area (Å²) in [5.74, 6) is -2.37. The normalized spacial score (nSPS) is 22.5. The maximum absolute atomic E-state index is 12.5. The summed E-state index contributed by atoms with van der Waals surface area (Å²) in [6.07, 6.45) is -0.926. The van der Waals surface area contributed by atoms with E-state index in [-0.39, 0.29) is 46.8 Å². The van der Waals surface area contributed by atoms with E-state index in [1.807, 2.05) is 0 Å². The number of carbonyl (C=O) groups is 2. The van der Waals surface area contributed by atoms with Crippen LogP contribution in [0.15, 0.2) is 35.7 Å².